The Labute approximate surface area is 127 Å². The second kappa shape index (κ2) is 6.75. The first kappa shape index (κ1) is 16.2. The fourth-order valence-electron chi connectivity index (χ4n) is 2.95. The topological polar surface area (TPSA) is 62.3 Å². The number of hydrogen-bond donors (Lipinski definition) is 1. The van der Waals surface area contributed by atoms with Crippen molar-refractivity contribution in [2.24, 2.45) is 0 Å². The minimum absolute atomic E-state index is 0.0548. The van der Waals surface area contributed by atoms with Crippen LogP contribution in [0, 0.1) is 0 Å². The predicted molar refractivity (Wildman–Crippen MR) is 84.8 cm³/mol. The molecule has 0 radical (unpaired) electrons. The molecule has 1 aliphatic heterocycles. The highest BCUT2D eigenvalue weighted by molar-refractivity contribution is 7.89. The second-order valence-electron chi connectivity index (χ2n) is 5.60. The summed E-state index contributed by atoms with van der Waals surface area (Å²) in [5.74, 6) is 0.466. The van der Waals surface area contributed by atoms with E-state index in [0.29, 0.717) is 17.3 Å². The third-order valence-electron chi connectivity index (χ3n) is 4.05. The Morgan fingerprint density at radius 3 is 2.81 bits per heavy atom. The van der Waals surface area contributed by atoms with E-state index < -0.39 is 10.0 Å². The molecule has 2 atom stereocenters. The molecule has 1 aliphatic rings. The zero-order chi connectivity index (χ0) is 15.5. The SMILES string of the molecule is CCCNc1ncccc1S(=O)(=O)N1C(C)CCC1CC. The lowest BCUT2D eigenvalue weighted by atomic mass is 10.2. The van der Waals surface area contributed by atoms with Crippen molar-refractivity contribution in [1.82, 2.24) is 9.29 Å². The molecular weight excluding hydrogens is 286 g/mol. The van der Waals surface area contributed by atoms with Gasteiger partial charge >= 0.3 is 0 Å². The fourth-order valence-corrected chi connectivity index (χ4v) is 5.03. The van der Waals surface area contributed by atoms with Crippen molar-refractivity contribution in [3.63, 3.8) is 0 Å². The molecular formula is C15H25N3O2S. The van der Waals surface area contributed by atoms with Gasteiger partial charge in [0.25, 0.3) is 0 Å². The fraction of sp³-hybridized carbons (Fsp3) is 0.667. The Morgan fingerprint density at radius 2 is 2.14 bits per heavy atom. The number of aromatic nitrogens is 1. The molecule has 5 nitrogen and oxygen atoms in total. The molecule has 2 rings (SSSR count). The smallest absolute Gasteiger partial charge is 0.247 e. The maximum atomic E-state index is 13.0. The number of nitrogens with zero attached hydrogens (tertiary/aromatic N) is 2. The molecule has 1 fully saturated rings. The highest BCUT2D eigenvalue weighted by Gasteiger charge is 2.40. The number of hydrogen-bond acceptors (Lipinski definition) is 4. The van der Waals surface area contributed by atoms with Crippen molar-refractivity contribution < 1.29 is 8.42 Å². The van der Waals surface area contributed by atoms with Crippen LogP contribution in [0.3, 0.4) is 0 Å². The minimum Gasteiger partial charge on any atom is -0.369 e. The summed E-state index contributed by atoms with van der Waals surface area (Å²) < 4.78 is 27.8. The van der Waals surface area contributed by atoms with Crippen molar-refractivity contribution >= 4 is 15.8 Å². The van der Waals surface area contributed by atoms with Crippen LogP contribution in [0.15, 0.2) is 23.2 Å². The van der Waals surface area contributed by atoms with Gasteiger partial charge in [-0.1, -0.05) is 13.8 Å². The van der Waals surface area contributed by atoms with Crippen molar-refractivity contribution in [2.45, 2.75) is 63.4 Å². The summed E-state index contributed by atoms with van der Waals surface area (Å²) in [6, 6.07) is 3.49. The molecule has 0 bridgehead atoms. The number of rotatable bonds is 6. The van der Waals surface area contributed by atoms with Crippen LogP contribution in [0.25, 0.3) is 0 Å². The Hall–Kier alpha value is -1.14. The first-order valence-corrected chi connectivity index (χ1v) is 9.18. The number of nitrogens with one attached hydrogen (secondary N) is 1. The van der Waals surface area contributed by atoms with Gasteiger partial charge in [-0.25, -0.2) is 13.4 Å². The molecule has 6 heteroatoms. The molecule has 2 heterocycles. The van der Waals surface area contributed by atoms with Crippen LogP contribution < -0.4 is 5.32 Å². The van der Waals surface area contributed by atoms with Gasteiger partial charge < -0.3 is 5.32 Å². The molecule has 1 saturated heterocycles. The van der Waals surface area contributed by atoms with E-state index in [1.54, 1.807) is 22.6 Å². The van der Waals surface area contributed by atoms with Crippen molar-refractivity contribution in [3.8, 4) is 0 Å². The van der Waals surface area contributed by atoms with E-state index in [-0.39, 0.29) is 12.1 Å². The maximum Gasteiger partial charge on any atom is 0.247 e. The van der Waals surface area contributed by atoms with Crippen LogP contribution in [-0.2, 0) is 10.0 Å². The van der Waals surface area contributed by atoms with Crippen molar-refractivity contribution in [3.05, 3.63) is 18.3 Å². The molecule has 0 aromatic carbocycles. The molecule has 118 valence electrons. The molecule has 0 aliphatic carbocycles. The molecule has 21 heavy (non-hydrogen) atoms. The zero-order valence-electron chi connectivity index (χ0n) is 13.0. The van der Waals surface area contributed by atoms with Crippen LogP contribution in [-0.4, -0.2) is 36.3 Å². The average Bonchev–Trinajstić information content (AvgIpc) is 2.87. The van der Waals surface area contributed by atoms with Gasteiger partial charge in [-0.15, -0.1) is 0 Å². The maximum absolute atomic E-state index is 13.0. The van der Waals surface area contributed by atoms with Crippen LogP contribution >= 0.6 is 0 Å². The number of pyridine rings is 1. The summed E-state index contributed by atoms with van der Waals surface area (Å²) >= 11 is 0. The van der Waals surface area contributed by atoms with Crippen molar-refractivity contribution in [2.75, 3.05) is 11.9 Å². The lowest BCUT2D eigenvalue weighted by Gasteiger charge is -2.27. The highest BCUT2D eigenvalue weighted by atomic mass is 32.2. The zero-order valence-corrected chi connectivity index (χ0v) is 13.9. The molecule has 1 N–H and O–H groups in total. The number of sulfonamides is 1. The average molecular weight is 311 g/mol. The van der Waals surface area contributed by atoms with E-state index in [1.807, 2.05) is 20.8 Å². The molecule has 1 aromatic heterocycles. The van der Waals surface area contributed by atoms with Crippen molar-refractivity contribution in [1.29, 1.82) is 0 Å². The Morgan fingerprint density at radius 1 is 1.38 bits per heavy atom. The Balaban J connectivity index is 2.39. The lowest BCUT2D eigenvalue weighted by molar-refractivity contribution is 0.329. The first-order valence-electron chi connectivity index (χ1n) is 7.74. The molecule has 1 aromatic rings. The largest absolute Gasteiger partial charge is 0.369 e. The first-order chi connectivity index (χ1) is 10.0. The summed E-state index contributed by atoms with van der Waals surface area (Å²) in [6.45, 7) is 6.79. The molecule has 0 saturated carbocycles. The normalized spacial score (nSPS) is 23.4. The summed E-state index contributed by atoms with van der Waals surface area (Å²) in [5.41, 5.74) is 0. The molecule has 0 spiro atoms. The van der Waals surface area contributed by atoms with Gasteiger partial charge in [0.2, 0.25) is 10.0 Å². The van der Waals surface area contributed by atoms with Gasteiger partial charge in [-0.2, -0.15) is 4.31 Å². The minimum atomic E-state index is -3.50. The van der Waals surface area contributed by atoms with Gasteiger partial charge in [0.1, 0.15) is 10.7 Å². The van der Waals surface area contributed by atoms with Crippen LogP contribution in [0.2, 0.25) is 0 Å². The summed E-state index contributed by atoms with van der Waals surface area (Å²) in [4.78, 5) is 4.51. The molecule has 0 amide bonds. The Kier molecular flexibility index (Phi) is 5.22. The molecule has 2 unspecified atom stereocenters. The number of anilines is 1. The van der Waals surface area contributed by atoms with E-state index in [4.69, 9.17) is 0 Å². The van der Waals surface area contributed by atoms with E-state index in [0.717, 1.165) is 25.7 Å². The van der Waals surface area contributed by atoms with Gasteiger partial charge in [0.15, 0.2) is 0 Å². The van der Waals surface area contributed by atoms with Gasteiger partial charge in [0, 0.05) is 24.8 Å². The van der Waals surface area contributed by atoms with E-state index in [1.165, 1.54) is 0 Å². The van der Waals surface area contributed by atoms with E-state index in [2.05, 4.69) is 10.3 Å². The summed E-state index contributed by atoms with van der Waals surface area (Å²) in [6.07, 6.45) is 5.27. The monoisotopic (exact) mass is 311 g/mol. The third-order valence-corrected chi connectivity index (χ3v) is 6.15. The van der Waals surface area contributed by atoms with Gasteiger partial charge in [-0.3, -0.25) is 0 Å². The second-order valence-corrected chi connectivity index (χ2v) is 7.41. The van der Waals surface area contributed by atoms with Crippen LogP contribution in [0.5, 0.6) is 0 Å². The summed E-state index contributed by atoms with van der Waals surface area (Å²) in [7, 11) is -3.50. The third kappa shape index (κ3) is 3.21. The van der Waals surface area contributed by atoms with Crippen LogP contribution in [0.1, 0.15) is 46.5 Å². The van der Waals surface area contributed by atoms with E-state index >= 15 is 0 Å². The van der Waals surface area contributed by atoms with E-state index in [9.17, 15) is 8.42 Å². The van der Waals surface area contributed by atoms with Gasteiger partial charge in [-0.05, 0) is 44.7 Å². The highest BCUT2D eigenvalue weighted by Crippen LogP contribution is 2.34. The summed E-state index contributed by atoms with van der Waals surface area (Å²) in [5, 5.41) is 3.12. The quantitative estimate of drug-likeness (QED) is 0.877. The predicted octanol–water partition coefficient (Wildman–Crippen LogP) is 2.86. The standard InChI is InChI=1S/C15H25N3O2S/c1-4-10-16-15-14(7-6-11-17-15)21(19,20)18-12(3)8-9-13(18)5-2/h6-7,11-13H,4-5,8-10H2,1-3H3,(H,16,17). The lowest BCUT2D eigenvalue weighted by Crippen LogP contribution is -2.40. The van der Waals surface area contributed by atoms with Crippen LogP contribution in [0.4, 0.5) is 5.82 Å². The Bertz CT molecular complexity index is 574. The van der Waals surface area contributed by atoms with Gasteiger partial charge in [0.05, 0.1) is 0 Å².